The van der Waals surface area contributed by atoms with E-state index in [1.165, 1.54) is 5.56 Å². The highest BCUT2D eigenvalue weighted by atomic mass is 16.5. The van der Waals surface area contributed by atoms with E-state index < -0.39 is 0 Å². The Morgan fingerprint density at radius 1 is 1.21 bits per heavy atom. The maximum Gasteiger partial charge on any atom is 0.227 e. The van der Waals surface area contributed by atoms with Crippen LogP contribution in [0.3, 0.4) is 0 Å². The molecule has 1 aliphatic rings. The second kappa shape index (κ2) is 8.99. The first kappa shape index (κ1) is 19.3. The molecule has 0 bridgehead atoms. The number of amides is 1. The van der Waals surface area contributed by atoms with E-state index in [0.29, 0.717) is 30.5 Å². The van der Waals surface area contributed by atoms with Crippen LogP contribution in [0.5, 0.6) is 0 Å². The van der Waals surface area contributed by atoms with Gasteiger partial charge in [-0.05, 0) is 37.0 Å². The third-order valence-corrected chi connectivity index (χ3v) is 5.71. The van der Waals surface area contributed by atoms with Crippen molar-refractivity contribution in [2.75, 3.05) is 6.54 Å². The van der Waals surface area contributed by atoms with Crippen molar-refractivity contribution in [3.05, 3.63) is 66.3 Å². The van der Waals surface area contributed by atoms with Crippen molar-refractivity contribution < 1.29 is 9.32 Å². The lowest BCUT2D eigenvalue weighted by Crippen LogP contribution is -2.39. The molecule has 6 nitrogen and oxygen atoms in total. The van der Waals surface area contributed by atoms with Gasteiger partial charge in [0.1, 0.15) is 0 Å². The molecule has 3 heterocycles. The molecule has 0 aliphatic carbocycles. The standard InChI is InChI=1S/C23H26N4O2/c1-2-19(17-7-4-3-5-8-17)20-9-6-16-27(20)22(28)11-10-21-25-23(26-29-21)18-12-14-24-15-13-18/h3-5,7-8,12-15,19-20H,2,6,9-11,16H2,1H3/t19-,20-/m0/s1. The average molecular weight is 390 g/mol. The summed E-state index contributed by atoms with van der Waals surface area (Å²) in [7, 11) is 0. The molecule has 3 aromatic rings. The molecule has 1 aromatic carbocycles. The van der Waals surface area contributed by atoms with Crippen LogP contribution in [0.2, 0.25) is 0 Å². The van der Waals surface area contributed by atoms with Crippen molar-refractivity contribution in [2.24, 2.45) is 0 Å². The Kier molecular flexibility index (Phi) is 5.98. The van der Waals surface area contributed by atoms with E-state index in [1.807, 2.05) is 18.2 Å². The molecular weight excluding hydrogens is 364 g/mol. The summed E-state index contributed by atoms with van der Waals surface area (Å²) < 4.78 is 5.34. The molecule has 0 spiro atoms. The van der Waals surface area contributed by atoms with Crippen LogP contribution in [0.15, 0.2) is 59.4 Å². The predicted molar refractivity (Wildman–Crippen MR) is 110 cm³/mol. The SMILES string of the molecule is CC[C@@H](c1ccccc1)[C@@H]1CCCN1C(=O)CCc1nc(-c2ccncc2)no1. The highest BCUT2D eigenvalue weighted by Crippen LogP contribution is 2.34. The molecule has 2 atom stereocenters. The Morgan fingerprint density at radius 2 is 2.00 bits per heavy atom. The van der Waals surface area contributed by atoms with E-state index in [0.717, 1.165) is 31.4 Å². The minimum absolute atomic E-state index is 0.172. The maximum atomic E-state index is 13.0. The van der Waals surface area contributed by atoms with Crippen molar-refractivity contribution in [1.29, 1.82) is 0 Å². The number of nitrogens with zero attached hydrogens (tertiary/aromatic N) is 4. The zero-order valence-corrected chi connectivity index (χ0v) is 16.7. The first-order valence-corrected chi connectivity index (χ1v) is 10.3. The third kappa shape index (κ3) is 4.36. The monoisotopic (exact) mass is 390 g/mol. The van der Waals surface area contributed by atoms with Crippen LogP contribution in [0.25, 0.3) is 11.4 Å². The van der Waals surface area contributed by atoms with Gasteiger partial charge in [0.2, 0.25) is 17.6 Å². The van der Waals surface area contributed by atoms with Crippen LogP contribution in [-0.2, 0) is 11.2 Å². The molecule has 1 aliphatic heterocycles. The number of rotatable bonds is 7. The second-order valence-corrected chi connectivity index (χ2v) is 7.47. The Labute approximate surface area is 171 Å². The van der Waals surface area contributed by atoms with Gasteiger partial charge in [-0.25, -0.2) is 0 Å². The highest BCUT2D eigenvalue weighted by Gasteiger charge is 2.34. The summed E-state index contributed by atoms with van der Waals surface area (Å²) in [5.74, 6) is 1.58. The van der Waals surface area contributed by atoms with Crippen LogP contribution in [0.4, 0.5) is 0 Å². The Hall–Kier alpha value is -3.02. The second-order valence-electron chi connectivity index (χ2n) is 7.47. The quantitative estimate of drug-likeness (QED) is 0.603. The van der Waals surface area contributed by atoms with Gasteiger partial charge in [0.25, 0.3) is 0 Å². The van der Waals surface area contributed by atoms with E-state index >= 15 is 0 Å². The number of carbonyl (C=O) groups excluding carboxylic acids is 1. The van der Waals surface area contributed by atoms with Crippen LogP contribution < -0.4 is 0 Å². The number of benzene rings is 1. The van der Waals surface area contributed by atoms with Crippen molar-refractivity contribution in [1.82, 2.24) is 20.0 Å². The molecule has 0 N–H and O–H groups in total. The van der Waals surface area contributed by atoms with Gasteiger partial charge in [0.15, 0.2) is 0 Å². The zero-order chi connectivity index (χ0) is 20.1. The van der Waals surface area contributed by atoms with Crippen molar-refractivity contribution >= 4 is 5.91 Å². The summed E-state index contributed by atoms with van der Waals surface area (Å²) in [6.45, 7) is 3.04. The van der Waals surface area contributed by atoms with Crippen LogP contribution in [0, 0.1) is 0 Å². The lowest BCUT2D eigenvalue weighted by atomic mass is 9.87. The topological polar surface area (TPSA) is 72.1 Å². The summed E-state index contributed by atoms with van der Waals surface area (Å²) in [6, 6.07) is 14.5. The van der Waals surface area contributed by atoms with Crippen molar-refractivity contribution in [2.45, 2.75) is 51.0 Å². The fourth-order valence-corrected chi connectivity index (χ4v) is 4.28. The van der Waals surface area contributed by atoms with Gasteiger partial charge >= 0.3 is 0 Å². The molecule has 0 unspecified atom stereocenters. The minimum Gasteiger partial charge on any atom is -0.339 e. The molecule has 6 heteroatoms. The number of hydrogen-bond donors (Lipinski definition) is 0. The van der Waals surface area contributed by atoms with Crippen LogP contribution in [-0.4, -0.2) is 38.5 Å². The number of pyridine rings is 1. The van der Waals surface area contributed by atoms with Crippen LogP contribution in [0.1, 0.15) is 50.0 Å². The van der Waals surface area contributed by atoms with Gasteiger partial charge in [-0.15, -0.1) is 0 Å². The number of carbonyl (C=O) groups is 1. The number of aromatic nitrogens is 3. The highest BCUT2D eigenvalue weighted by molar-refractivity contribution is 5.77. The number of hydrogen-bond acceptors (Lipinski definition) is 5. The first-order chi connectivity index (χ1) is 14.3. The normalized spacial score (nSPS) is 17.4. The summed E-state index contributed by atoms with van der Waals surface area (Å²) >= 11 is 0. The average Bonchev–Trinajstić information content (AvgIpc) is 3.44. The lowest BCUT2D eigenvalue weighted by Gasteiger charge is -2.31. The third-order valence-electron chi connectivity index (χ3n) is 5.71. The van der Waals surface area contributed by atoms with Gasteiger partial charge in [-0.3, -0.25) is 9.78 Å². The van der Waals surface area contributed by atoms with E-state index in [2.05, 4.69) is 51.2 Å². The van der Waals surface area contributed by atoms with Gasteiger partial charge < -0.3 is 9.42 Å². The van der Waals surface area contributed by atoms with Gasteiger partial charge in [-0.2, -0.15) is 4.98 Å². The fourth-order valence-electron chi connectivity index (χ4n) is 4.28. The number of likely N-dealkylation sites (tertiary alicyclic amines) is 1. The van der Waals surface area contributed by atoms with Gasteiger partial charge in [-0.1, -0.05) is 42.4 Å². The smallest absolute Gasteiger partial charge is 0.227 e. The lowest BCUT2D eigenvalue weighted by molar-refractivity contribution is -0.132. The summed E-state index contributed by atoms with van der Waals surface area (Å²) in [5, 5.41) is 4.02. The van der Waals surface area contributed by atoms with Crippen molar-refractivity contribution in [3.63, 3.8) is 0 Å². The van der Waals surface area contributed by atoms with Gasteiger partial charge in [0.05, 0.1) is 0 Å². The Balaban J connectivity index is 1.40. The molecule has 2 aromatic heterocycles. The molecule has 0 saturated carbocycles. The van der Waals surface area contributed by atoms with E-state index in [1.54, 1.807) is 12.4 Å². The zero-order valence-electron chi connectivity index (χ0n) is 16.7. The molecular formula is C23H26N4O2. The Bertz CT molecular complexity index is 926. The molecule has 29 heavy (non-hydrogen) atoms. The molecule has 1 fully saturated rings. The van der Waals surface area contributed by atoms with Crippen molar-refractivity contribution in [3.8, 4) is 11.4 Å². The van der Waals surface area contributed by atoms with E-state index in [-0.39, 0.29) is 11.9 Å². The first-order valence-electron chi connectivity index (χ1n) is 10.3. The molecule has 0 radical (unpaired) electrons. The summed E-state index contributed by atoms with van der Waals surface area (Å²) in [5.41, 5.74) is 2.17. The largest absolute Gasteiger partial charge is 0.339 e. The van der Waals surface area contributed by atoms with E-state index in [9.17, 15) is 4.79 Å². The fraction of sp³-hybridized carbons (Fsp3) is 0.391. The maximum absolute atomic E-state index is 13.0. The molecule has 1 saturated heterocycles. The molecule has 1 amide bonds. The molecule has 150 valence electrons. The Morgan fingerprint density at radius 3 is 2.76 bits per heavy atom. The predicted octanol–water partition coefficient (Wildman–Crippen LogP) is 4.25. The van der Waals surface area contributed by atoms with Gasteiger partial charge in [0, 0.05) is 49.3 Å². The van der Waals surface area contributed by atoms with E-state index in [4.69, 9.17) is 4.52 Å². The number of aryl methyl sites for hydroxylation is 1. The van der Waals surface area contributed by atoms with Crippen LogP contribution >= 0.6 is 0 Å². The molecule has 4 rings (SSSR count). The summed E-state index contributed by atoms with van der Waals surface area (Å²) in [4.78, 5) is 23.5. The summed E-state index contributed by atoms with van der Waals surface area (Å²) in [6.07, 6.45) is 7.39. The minimum atomic E-state index is 0.172.